The summed E-state index contributed by atoms with van der Waals surface area (Å²) in [4.78, 5) is 3.18. The Morgan fingerprint density at radius 3 is 2.61 bits per heavy atom. The average Bonchev–Trinajstić information content (AvgIpc) is 2.55. The molecular formula is C14H17FN2S. The zero-order chi connectivity index (χ0) is 12.5. The number of aromatic amines is 1. The van der Waals surface area contributed by atoms with E-state index in [9.17, 15) is 4.39 Å². The van der Waals surface area contributed by atoms with Crippen LogP contribution in [0, 0.1) is 10.6 Å². The van der Waals surface area contributed by atoms with E-state index in [2.05, 4.69) is 9.55 Å². The Labute approximate surface area is 111 Å². The maximum Gasteiger partial charge on any atom is 0.178 e. The van der Waals surface area contributed by atoms with Gasteiger partial charge >= 0.3 is 0 Å². The number of benzene rings is 1. The molecule has 0 saturated heterocycles. The van der Waals surface area contributed by atoms with Crippen molar-refractivity contribution in [3.63, 3.8) is 0 Å². The van der Waals surface area contributed by atoms with Crippen LogP contribution in [0.15, 0.2) is 18.2 Å². The van der Waals surface area contributed by atoms with E-state index in [1.165, 1.54) is 31.7 Å². The van der Waals surface area contributed by atoms with E-state index in [0.717, 1.165) is 28.6 Å². The standard InChI is InChI=1S/C14H17FN2S/c15-10-7-8-12-13(9-10)17(14(18)16-12)11-5-3-1-2-4-6-11/h7-9,11H,1-6H2,(H,16,18). The van der Waals surface area contributed by atoms with Gasteiger partial charge in [-0.05, 0) is 43.3 Å². The first-order valence-corrected chi connectivity index (χ1v) is 7.06. The molecule has 4 heteroatoms. The van der Waals surface area contributed by atoms with Gasteiger partial charge in [-0.15, -0.1) is 0 Å². The number of hydrogen-bond donors (Lipinski definition) is 1. The van der Waals surface area contributed by atoms with Gasteiger partial charge in [0, 0.05) is 6.04 Å². The van der Waals surface area contributed by atoms with Crippen LogP contribution in [0.25, 0.3) is 11.0 Å². The molecule has 2 aromatic rings. The summed E-state index contributed by atoms with van der Waals surface area (Å²) in [6.07, 6.45) is 7.40. The van der Waals surface area contributed by atoms with Crippen molar-refractivity contribution < 1.29 is 4.39 Å². The van der Waals surface area contributed by atoms with E-state index in [4.69, 9.17) is 12.2 Å². The number of rotatable bonds is 1. The van der Waals surface area contributed by atoms with E-state index >= 15 is 0 Å². The van der Waals surface area contributed by atoms with Crippen molar-refractivity contribution in [1.82, 2.24) is 9.55 Å². The van der Waals surface area contributed by atoms with Gasteiger partial charge in [0.15, 0.2) is 4.77 Å². The Morgan fingerprint density at radius 1 is 1.17 bits per heavy atom. The highest BCUT2D eigenvalue weighted by atomic mass is 32.1. The highest BCUT2D eigenvalue weighted by Gasteiger charge is 2.17. The summed E-state index contributed by atoms with van der Waals surface area (Å²) in [6.45, 7) is 0. The average molecular weight is 264 g/mol. The summed E-state index contributed by atoms with van der Waals surface area (Å²) in [5.41, 5.74) is 1.84. The van der Waals surface area contributed by atoms with Gasteiger partial charge in [-0.2, -0.15) is 0 Å². The monoisotopic (exact) mass is 264 g/mol. The van der Waals surface area contributed by atoms with E-state index in [-0.39, 0.29) is 5.82 Å². The smallest absolute Gasteiger partial charge is 0.178 e. The fraction of sp³-hybridized carbons (Fsp3) is 0.500. The highest BCUT2D eigenvalue weighted by Crippen LogP contribution is 2.30. The Morgan fingerprint density at radius 2 is 1.89 bits per heavy atom. The third kappa shape index (κ3) is 2.09. The van der Waals surface area contributed by atoms with E-state index in [1.807, 2.05) is 0 Å². The van der Waals surface area contributed by atoms with Gasteiger partial charge in [-0.1, -0.05) is 25.7 Å². The third-order valence-electron chi connectivity index (χ3n) is 3.87. The summed E-state index contributed by atoms with van der Waals surface area (Å²) in [7, 11) is 0. The fourth-order valence-electron chi connectivity index (χ4n) is 2.97. The molecule has 0 amide bonds. The Bertz CT molecular complexity index is 606. The van der Waals surface area contributed by atoms with Crippen LogP contribution >= 0.6 is 12.2 Å². The maximum absolute atomic E-state index is 13.4. The van der Waals surface area contributed by atoms with Crippen molar-refractivity contribution in [2.24, 2.45) is 0 Å². The number of aromatic nitrogens is 2. The molecule has 96 valence electrons. The van der Waals surface area contributed by atoms with Crippen LogP contribution in [0.3, 0.4) is 0 Å². The lowest BCUT2D eigenvalue weighted by Gasteiger charge is -2.17. The Kier molecular flexibility index (Phi) is 3.20. The number of fused-ring (bicyclic) bond motifs is 1. The zero-order valence-corrected chi connectivity index (χ0v) is 11.1. The predicted octanol–water partition coefficient (Wildman–Crippen LogP) is 4.73. The van der Waals surface area contributed by atoms with Gasteiger partial charge in [0.25, 0.3) is 0 Å². The number of H-pyrrole nitrogens is 1. The van der Waals surface area contributed by atoms with Crippen LogP contribution in [-0.2, 0) is 0 Å². The van der Waals surface area contributed by atoms with Crippen LogP contribution in [0.4, 0.5) is 4.39 Å². The van der Waals surface area contributed by atoms with Crippen LogP contribution in [-0.4, -0.2) is 9.55 Å². The summed E-state index contributed by atoms with van der Waals surface area (Å²) < 4.78 is 16.3. The molecule has 0 radical (unpaired) electrons. The lowest BCUT2D eigenvalue weighted by Crippen LogP contribution is -2.08. The molecule has 0 spiro atoms. The molecule has 1 heterocycles. The van der Waals surface area contributed by atoms with Gasteiger partial charge in [-0.3, -0.25) is 0 Å². The first-order chi connectivity index (χ1) is 8.75. The molecule has 1 aromatic heterocycles. The molecule has 0 bridgehead atoms. The molecule has 0 atom stereocenters. The highest BCUT2D eigenvalue weighted by molar-refractivity contribution is 7.71. The minimum Gasteiger partial charge on any atom is -0.331 e. The number of hydrogen-bond acceptors (Lipinski definition) is 1. The molecule has 1 N–H and O–H groups in total. The number of imidazole rings is 1. The van der Waals surface area contributed by atoms with Gasteiger partial charge in [0.1, 0.15) is 5.82 Å². The summed E-state index contributed by atoms with van der Waals surface area (Å²) in [6, 6.07) is 5.26. The normalized spacial score (nSPS) is 18.1. The van der Waals surface area contributed by atoms with E-state index in [1.54, 1.807) is 12.1 Å². The van der Waals surface area contributed by atoms with Crippen LogP contribution in [0.1, 0.15) is 44.6 Å². The van der Waals surface area contributed by atoms with Crippen LogP contribution in [0.2, 0.25) is 0 Å². The van der Waals surface area contributed by atoms with Crippen molar-refractivity contribution in [3.8, 4) is 0 Å². The minimum absolute atomic E-state index is 0.195. The quantitative estimate of drug-likeness (QED) is 0.583. The van der Waals surface area contributed by atoms with Crippen molar-refractivity contribution in [1.29, 1.82) is 0 Å². The SMILES string of the molecule is Fc1ccc2[nH]c(=S)n(C3CCCCCC3)c2c1. The maximum atomic E-state index is 13.4. The van der Waals surface area contributed by atoms with Gasteiger partial charge in [0.2, 0.25) is 0 Å². The number of halogens is 1. The molecule has 2 nitrogen and oxygen atoms in total. The zero-order valence-electron chi connectivity index (χ0n) is 10.3. The minimum atomic E-state index is -0.195. The first kappa shape index (κ1) is 11.9. The molecule has 1 fully saturated rings. The second-order valence-corrected chi connectivity index (χ2v) is 5.49. The first-order valence-electron chi connectivity index (χ1n) is 6.65. The van der Waals surface area contributed by atoms with Gasteiger partial charge in [-0.25, -0.2) is 4.39 Å². The topological polar surface area (TPSA) is 20.7 Å². The lowest BCUT2D eigenvalue weighted by molar-refractivity contribution is 0.449. The van der Waals surface area contributed by atoms with E-state index in [0.29, 0.717) is 6.04 Å². The molecule has 1 aliphatic rings. The lowest BCUT2D eigenvalue weighted by atomic mass is 10.1. The van der Waals surface area contributed by atoms with Crippen molar-refractivity contribution in [3.05, 3.63) is 28.8 Å². The predicted molar refractivity (Wildman–Crippen MR) is 73.8 cm³/mol. The molecule has 1 aromatic carbocycles. The van der Waals surface area contributed by atoms with Gasteiger partial charge in [0.05, 0.1) is 11.0 Å². The number of nitrogens with one attached hydrogen (secondary N) is 1. The van der Waals surface area contributed by atoms with Crippen LogP contribution in [0.5, 0.6) is 0 Å². The summed E-state index contributed by atoms with van der Waals surface area (Å²) in [5, 5.41) is 0. The molecule has 18 heavy (non-hydrogen) atoms. The molecule has 3 rings (SSSR count). The van der Waals surface area contributed by atoms with Crippen molar-refractivity contribution in [2.75, 3.05) is 0 Å². The largest absolute Gasteiger partial charge is 0.331 e. The second-order valence-electron chi connectivity index (χ2n) is 5.11. The molecule has 1 saturated carbocycles. The summed E-state index contributed by atoms with van der Waals surface area (Å²) >= 11 is 5.41. The van der Waals surface area contributed by atoms with Crippen molar-refractivity contribution >= 4 is 23.3 Å². The molecule has 1 aliphatic carbocycles. The Hall–Kier alpha value is -1.16. The molecule has 0 unspecified atom stereocenters. The molecular weight excluding hydrogens is 247 g/mol. The summed E-state index contributed by atoms with van der Waals surface area (Å²) in [5.74, 6) is -0.195. The van der Waals surface area contributed by atoms with Gasteiger partial charge < -0.3 is 9.55 Å². The number of nitrogens with zero attached hydrogens (tertiary/aromatic N) is 1. The molecule has 0 aliphatic heterocycles. The second kappa shape index (κ2) is 4.84. The Balaban J connectivity index is 2.11. The van der Waals surface area contributed by atoms with E-state index < -0.39 is 0 Å². The fourth-order valence-corrected chi connectivity index (χ4v) is 3.33. The third-order valence-corrected chi connectivity index (χ3v) is 4.17. The van der Waals surface area contributed by atoms with Crippen LogP contribution < -0.4 is 0 Å². The van der Waals surface area contributed by atoms with Crippen molar-refractivity contribution in [2.45, 2.75) is 44.6 Å².